The largest absolute Gasteiger partial charge is 0.329 e. The van der Waals surface area contributed by atoms with E-state index in [-0.39, 0.29) is 16.2 Å². The van der Waals surface area contributed by atoms with Gasteiger partial charge in [0.1, 0.15) is 5.65 Å². The highest BCUT2D eigenvalue weighted by molar-refractivity contribution is 7.93. The Kier molecular flexibility index (Phi) is 9.89. The summed E-state index contributed by atoms with van der Waals surface area (Å²) in [5, 5.41) is 12.6. The van der Waals surface area contributed by atoms with Crippen LogP contribution in [-0.4, -0.2) is 58.3 Å². The maximum absolute atomic E-state index is 12.9. The average molecular weight is 608 g/mol. The third kappa shape index (κ3) is 6.83. The van der Waals surface area contributed by atoms with E-state index in [0.29, 0.717) is 11.6 Å². The molecule has 0 aliphatic heterocycles. The summed E-state index contributed by atoms with van der Waals surface area (Å²) in [7, 11) is -3.82. The van der Waals surface area contributed by atoms with Gasteiger partial charge in [0.25, 0.3) is 10.0 Å². The minimum Gasteiger partial charge on any atom is -0.329 e. The van der Waals surface area contributed by atoms with Gasteiger partial charge in [-0.25, -0.2) is 4.98 Å². The van der Waals surface area contributed by atoms with Crippen LogP contribution in [0.5, 0.6) is 0 Å². The summed E-state index contributed by atoms with van der Waals surface area (Å²) < 4.78 is 29.0. The zero-order valence-corrected chi connectivity index (χ0v) is 25.5. The molecule has 1 saturated carbocycles. The highest BCUT2D eigenvalue weighted by Crippen LogP contribution is 2.39. The predicted octanol–water partition coefficient (Wildman–Crippen LogP) is 5.37. The van der Waals surface area contributed by atoms with E-state index in [4.69, 9.17) is 11.6 Å². The number of hydrogen-bond acceptors (Lipinski definition) is 7. The fraction of sp³-hybridized carbons (Fsp3) is 0.387. The van der Waals surface area contributed by atoms with Gasteiger partial charge in [-0.15, -0.1) is 0 Å². The lowest BCUT2D eigenvalue weighted by Gasteiger charge is -2.15. The fourth-order valence-electron chi connectivity index (χ4n) is 5.69. The molecule has 3 heterocycles. The van der Waals surface area contributed by atoms with Gasteiger partial charge < -0.3 is 15.2 Å². The molecule has 0 radical (unpaired) electrons. The smallest absolute Gasteiger partial charge is 0.282 e. The topological polar surface area (TPSA) is 107 Å². The quantitative estimate of drug-likeness (QED) is 0.113. The Balaban J connectivity index is 1.18. The van der Waals surface area contributed by atoms with Gasteiger partial charge in [-0.05, 0) is 100 Å². The first-order valence-electron chi connectivity index (χ1n) is 14.5. The van der Waals surface area contributed by atoms with Crippen molar-refractivity contribution in [3.63, 3.8) is 0 Å². The van der Waals surface area contributed by atoms with Gasteiger partial charge in [0.05, 0.1) is 10.6 Å². The van der Waals surface area contributed by atoms with E-state index in [0.717, 1.165) is 79.0 Å². The van der Waals surface area contributed by atoms with Crippen LogP contribution in [0.2, 0.25) is 5.28 Å². The Morgan fingerprint density at radius 3 is 2.74 bits per heavy atom. The van der Waals surface area contributed by atoms with Crippen molar-refractivity contribution in [2.24, 2.45) is 5.92 Å². The Hall–Kier alpha value is -3.31. The number of halogens is 1. The Labute approximate surface area is 252 Å². The van der Waals surface area contributed by atoms with Crippen LogP contribution < -0.4 is 10.6 Å². The lowest BCUT2D eigenvalue weighted by Crippen LogP contribution is -2.26. The van der Waals surface area contributed by atoms with Gasteiger partial charge >= 0.3 is 0 Å². The molecular weight excluding hydrogens is 570 g/mol. The van der Waals surface area contributed by atoms with Crippen molar-refractivity contribution >= 4 is 32.7 Å². The van der Waals surface area contributed by atoms with Crippen LogP contribution in [-0.2, 0) is 16.4 Å². The van der Waals surface area contributed by atoms with Gasteiger partial charge in [0, 0.05) is 35.6 Å². The van der Waals surface area contributed by atoms with E-state index in [2.05, 4.69) is 67.2 Å². The zero-order valence-electron chi connectivity index (χ0n) is 23.9. The molecule has 1 aliphatic carbocycles. The molecule has 5 rings (SSSR count). The van der Waals surface area contributed by atoms with Crippen LogP contribution in [0.25, 0.3) is 22.3 Å². The van der Waals surface area contributed by atoms with Crippen molar-refractivity contribution in [2.45, 2.75) is 45.1 Å². The number of fused-ring (bicyclic) bond motifs is 1. The predicted molar refractivity (Wildman–Crippen MR) is 169 cm³/mol. The van der Waals surface area contributed by atoms with Gasteiger partial charge in [-0.3, -0.25) is 0 Å². The third-order valence-electron chi connectivity index (χ3n) is 7.89. The van der Waals surface area contributed by atoms with Gasteiger partial charge in [-0.2, -0.15) is 22.6 Å². The van der Waals surface area contributed by atoms with E-state index < -0.39 is 10.0 Å². The second kappa shape index (κ2) is 13.8. The lowest BCUT2D eigenvalue weighted by molar-refractivity contribution is 0.452. The van der Waals surface area contributed by atoms with Crippen LogP contribution in [0, 0.1) is 5.92 Å². The third-order valence-corrected chi connectivity index (χ3v) is 9.77. The van der Waals surface area contributed by atoms with Gasteiger partial charge in [-0.1, -0.05) is 43.0 Å². The minimum atomic E-state index is -3.82. The summed E-state index contributed by atoms with van der Waals surface area (Å²) >= 11 is 6.21. The van der Waals surface area contributed by atoms with Crippen LogP contribution in [0.15, 0.2) is 78.6 Å². The summed E-state index contributed by atoms with van der Waals surface area (Å²) in [5.74, 6) is 0.571. The molecule has 0 spiro atoms. The van der Waals surface area contributed by atoms with Crippen LogP contribution in [0.4, 0.5) is 0 Å². The standard InChI is InChI=1S/C31H38ClN7O2S/c1-3-26(4-2)42(40,41)39-18-14-29(37-39)28-22-38(30-27(28)21-35-31(32)36-30)25-12-11-24(19-25)20-34-16-8-15-33-17-13-23-9-6-5-7-10-23/h3-7,9-10,14,18,21-22,24-25,33-34H,1,8,11-13,15-17,19-20H2,2H3/b26-4+/t24-,25+/m1/s1. The van der Waals surface area contributed by atoms with Crippen molar-refractivity contribution in [3.05, 3.63) is 89.5 Å². The molecule has 0 bridgehead atoms. The highest BCUT2D eigenvalue weighted by Gasteiger charge is 2.29. The number of nitrogens with zero attached hydrogens (tertiary/aromatic N) is 5. The molecule has 0 saturated heterocycles. The Morgan fingerprint density at radius 2 is 1.95 bits per heavy atom. The number of benzene rings is 1. The van der Waals surface area contributed by atoms with Gasteiger partial charge in [0.2, 0.25) is 5.28 Å². The van der Waals surface area contributed by atoms with Crippen molar-refractivity contribution in [3.8, 4) is 11.3 Å². The van der Waals surface area contributed by atoms with Crippen molar-refractivity contribution in [2.75, 3.05) is 26.2 Å². The molecular formula is C31H38ClN7O2S. The zero-order chi connectivity index (χ0) is 29.5. The molecule has 42 heavy (non-hydrogen) atoms. The molecule has 1 aliphatic rings. The summed E-state index contributed by atoms with van der Waals surface area (Å²) in [6.45, 7) is 9.25. The number of allylic oxidation sites excluding steroid dienone is 2. The monoisotopic (exact) mass is 607 g/mol. The van der Waals surface area contributed by atoms with Crippen LogP contribution in [0.1, 0.15) is 44.2 Å². The maximum Gasteiger partial charge on any atom is 0.282 e. The van der Waals surface area contributed by atoms with Crippen LogP contribution in [0.3, 0.4) is 0 Å². The van der Waals surface area contributed by atoms with Crippen molar-refractivity contribution in [1.29, 1.82) is 0 Å². The second-order valence-corrected chi connectivity index (χ2v) is 12.8. The fourth-order valence-corrected chi connectivity index (χ4v) is 6.96. The number of hydrogen-bond donors (Lipinski definition) is 2. The summed E-state index contributed by atoms with van der Waals surface area (Å²) in [6.07, 6.45) is 13.3. The summed E-state index contributed by atoms with van der Waals surface area (Å²) in [6, 6.07) is 12.5. The Bertz CT molecular complexity index is 1650. The van der Waals surface area contributed by atoms with Gasteiger partial charge in [0.15, 0.2) is 0 Å². The summed E-state index contributed by atoms with van der Waals surface area (Å²) in [4.78, 5) is 8.85. The van der Waals surface area contributed by atoms with Crippen LogP contribution >= 0.6 is 11.6 Å². The van der Waals surface area contributed by atoms with E-state index in [1.54, 1.807) is 19.2 Å². The van der Waals surface area contributed by atoms with E-state index in [1.165, 1.54) is 23.9 Å². The first kappa shape index (κ1) is 30.2. The second-order valence-electron chi connectivity index (χ2n) is 10.7. The van der Waals surface area contributed by atoms with Crippen molar-refractivity contribution < 1.29 is 8.42 Å². The molecule has 0 amide bonds. The molecule has 9 nitrogen and oxygen atoms in total. The van der Waals surface area contributed by atoms with Crippen molar-refractivity contribution in [1.82, 2.24) is 34.4 Å². The van der Waals surface area contributed by atoms with E-state index in [1.807, 2.05) is 6.20 Å². The first-order chi connectivity index (χ1) is 20.4. The maximum atomic E-state index is 12.9. The molecule has 4 aromatic rings. The molecule has 0 unspecified atom stereocenters. The Morgan fingerprint density at radius 1 is 1.14 bits per heavy atom. The molecule has 2 atom stereocenters. The average Bonchev–Trinajstić information content (AvgIpc) is 3.74. The molecule has 11 heteroatoms. The van der Waals surface area contributed by atoms with E-state index >= 15 is 0 Å². The molecule has 1 fully saturated rings. The summed E-state index contributed by atoms with van der Waals surface area (Å²) in [5.41, 5.74) is 3.41. The number of rotatable bonds is 14. The number of nitrogens with one attached hydrogen (secondary N) is 2. The molecule has 222 valence electrons. The molecule has 3 aromatic heterocycles. The molecule has 2 N–H and O–H groups in total. The lowest BCUT2D eigenvalue weighted by atomic mass is 10.1. The number of aromatic nitrogens is 5. The highest BCUT2D eigenvalue weighted by atomic mass is 35.5. The SMILES string of the molecule is C=C/C(=C\C)S(=O)(=O)n1ccc(-c2cn([C@H]3CC[C@@H](CNCCCNCCc4ccccc4)C3)c3nc(Cl)ncc23)n1. The first-order valence-corrected chi connectivity index (χ1v) is 16.3. The normalized spacial score (nSPS) is 17.7. The molecule has 1 aromatic carbocycles. The minimum absolute atomic E-state index is 0.0969. The van der Waals surface area contributed by atoms with E-state index in [9.17, 15) is 8.42 Å².